The van der Waals surface area contributed by atoms with Crippen molar-refractivity contribution in [3.63, 3.8) is 0 Å². The molecule has 0 saturated carbocycles. The van der Waals surface area contributed by atoms with Crippen molar-refractivity contribution in [3.8, 4) is 0 Å². The summed E-state index contributed by atoms with van der Waals surface area (Å²) in [6, 6.07) is 6.41. The second-order valence-corrected chi connectivity index (χ2v) is 3.94. The van der Waals surface area contributed by atoms with Crippen LogP contribution in [0.2, 0.25) is 0 Å². The molecule has 3 nitrogen and oxygen atoms in total. The zero-order valence-corrected chi connectivity index (χ0v) is 9.73. The first-order chi connectivity index (χ1) is 7.61. The van der Waals surface area contributed by atoms with Crippen LogP contribution in [-0.4, -0.2) is 36.2 Å². The Hall–Kier alpha value is -0.970. The van der Waals surface area contributed by atoms with Crippen LogP contribution in [0.3, 0.4) is 0 Å². The van der Waals surface area contributed by atoms with Gasteiger partial charge >= 0.3 is 0 Å². The largest absolute Gasteiger partial charge is 0.395 e. The summed E-state index contributed by atoms with van der Waals surface area (Å²) in [4.78, 5) is 1.89. The van der Waals surface area contributed by atoms with Crippen molar-refractivity contribution in [2.24, 2.45) is 5.73 Å². The van der Waals surface area contributed by atoms with Crippen LogP contribution in [0.5, 0.6) is 0 Å². The number of benzene rings is 1. The molecule has 2 unspecified atom stereocenters. The Morgan fingerprint density at radius 2 is 2.06 bits per heavy atom. The van der Waals surface area contributed by atoms with Gasteiger partial charge in [0.15, 0.2) is 0 Å². The molecule has 0 bridgehead atoms. The van der Waals surface area contributed by atoms with Gasteiger partial charge < -0.3 is 10.8 Å². The first kappa shape index (κ1) is 13.1. The van der Waals surface area contributed by atoms with Crippen molar-refractivity contribution in [3.05, 3.63) is 35.6 Å². The zero-order valence-electron chi connectivity index (χ0n) is 9.73. The molecule has 0 aliphatic heterocycles. The smallest absolute Gasteiger partial charge is 0.127 e. The van der Waals surface area contributed by atoms with Crippen molar-refractivity contribution in [1.82, 2.24) is 4.90 Å². The van der Waals surface area contributed by atoms with Gasteiger partial charge in [0.2, 0.25) is 0 Å². The minimum atomic E-state index is -0.226. The van der Waals surface area contributed by atoms with E-state index in [1.807, 2.05) is 18.9 Å². The van der Waals surface area contributed by atoms with Gasteiger partial charge in [-0.25, -0.2) is 4.39 Å². The van der Waals surface area contributed by atoms with Crippen molar-refractivity contribution in [1.29, 1.82) is 0 Å². The number of nitrogens with two attached hydrogens (primary N) is 1. The molecule has 0 radical (unpaired) electrons. The highest BCUT2D eigenvalue weighted by molar-refractivity contribution is 5.20. The summed E-state index contributed by atoms with van der Waals surface area (Å²) in [7, 11) is 1.84. The number of halogens is 1. The highest BCUT2D eigenvalue weighted by Gasteiger charge is 2.21. The number of hydrogen-bond acceptors (Lipinski definition) is 3. The topological polar surface area (TPSA) is 49.5 Å². The van der Waals surface area contributed by atoms with Crippen LogP contribution < -0.4 is 5.73 Å². The minimum Gasteiger partial charge on any atom is -0.395 e. The molecular formula is C12H19FN2O. The molecule has 0 aliphatic carbocycles. The van der Waals surface area contributed by atoms with E-state index in [1.54, 1.807) is 18.2 Å². The fraction of sp³-hybridized carbons (Fsp3) is 0.500. The monoisotopic (exact) mass is 226 g/mol. The SMILES string of the molecule is CC(c1ccccc1F)N(C)C(CN)CO. The van der Waals surface area contributed by atoms with E-state index in [4.69, 9.17) is 10.8 Å². The van der Waals surface area contributed by atoms with Crippen LogP contribution in [0.25, 0.3) is 0 Å². The van der Waals surface area contributed by atoms with Crippen molar-refractivity contribution < 1.29 is 9.50 Å². The number of rotatable bonds is 5. The van der Waals surface area contributed by atoms with Crippen LogP contribution >= 0.6 is 0 Å². The molecule has 1 aromatic carbocycles. The van der Waals surface area contributed by atoms with Gasteiger partial charge in [0.25, 0.3) is 0 Å². The van der Waals surface area contributed by atoms with Crippen molar-refractivity contribution in [2.45, 2.75) is 19.0 Å². The third-order valence-electron chi connectivity index (χ3n) is 3.03. The molecule has 0 aliphatic rings. The van der Waals surface area contributed by atoms with Gasteiger partial charge in [-0.1, -0.05) is 18.2 Å². The zero-order chi connectivity index (χ0) is 12.1. The highest BCUT2D eigenvalue weighted by Crippen LogP contribution is 2.22. The van der Waals surface area contributed by atoms with Crippen LogP contribution in [0.4, 0.5) is 4.39 Å². The number of nitrogens with zero attached hydrogens (tertiary/aromatic N) is 1. The van der Waals surface area contributed by atoms with Gasteiger partial charge in [0.1, 0.15) is 5.82 Å². The molecule has 1 aromatic rings. The summed E-state index contributed by atoms with van der Waals surface area (Å²) >= 11 is 0. The molecule has 16 heavy (non-hydrogen) atoms. The lowest BCUT2D eigenvalue weighted by molar-refractivity contribution is 0.118. The maximum absolute atomic E-state index is 13.6. The van der Waals surface area contributed by atoms with Crippen LogP contribution in [0, 0.1) is 5.82 Å². The molecule has 2 atom stereocenters. The molecule has 1 rings (SSSR count). The maximum atomic E-state index is 13.6. The van der Waals surface area contributed by atoms with E-state index >= 15 is 0 Å². The summed E-state index contributed by atoms with van der Waals surface area (Å²) in [6.07, 6.45) is 0. The third-order valence-corrected chi connectivity index (χ3v) is 3.03. The van der Waals surface area contributed by atoms with Gasteiger partial charge in [-0.05, 0) is 20.0 Å². The predicted molar refractivity (Wildman–Crippen MR) is 62.5 cm³/mol. The van der Waals surface area contributed by atoms with Crippen molar-refractivity contribution in [2.75, 3.05) is 20.2 Å². The quantitative estimate of drug-likeness (QED) is 0.791. The second-order valence-electron chi connectivity index (χ2n) is 3.94. The average molecular weight is 226 g/mol. The maximum Gasteiger partial charge on any atom is 0.127 e. The summed E-state index contributed by atoms with van der Waals surface area (Å²) < 4.78 is 13.6. The van der Waals surface area contributed by atoms with E-state index < -0.39 is 0 Å². The Labute approximate surface area is 95.7 Å². The van der Waals surface area contributed by atoms with Gasteiger partial charge in [-0.15, -0.1) is 0 Å². The number of aliphatic hydroxyl groups excluding tert-OH is 1. The normalized spacial score (nSPS) is 15.1. The van der Waals surface area contributed by atoms with Gasteiger partial charge in [0, 0.05) is 24.2 Å². The van der Waals surface area contributed by atoms with Gasteiger partial charge in [-0.3, -0.25) is 4.90 Å². The molecule has 0 amide bonds. The number of hydrogen-bond donors (Lipinski definition) is 2. The van der Waals surface area contributed by atoms with Gasteiger partial charge in [-0.2, -0.15) is 0 Å². The fourth-order valence-electron chi connectivity index (χ4n) is 1.72. The minimum absolute atomic E-state index is 0.0220. The molecule has 4 heteroatoms. The molecule has 3 N–H and O–H groups in total. The van der Waals surface area contributed by atoms with Crippen LogP contribution in [0.15, 0.2) is 24.3 Å². The van der Waals surface area contributed by atoms with E-state index in [-0.39, 0.29) is 24.5 Å². The first-order valence-electron chi connectivity index (χ1n) is 5.39. The molecule has 0 aromatic heterocycles. The molecule has 0 fully saturated rings. The average Bonchev–Trinajstić information content (AvgIpc) is 2.30. The van der Waals surface area contributed by atoms with E-state index in [0.717, 1.165) is 0 Å². The lowest BCUT2D eigenvalue weighted by atomic mass is 10.1. The summed E-state index contributed by atoms with van der Waals surface area (Å²) in [5.74, 6) is -0.226. The summed E-state index contributed by atoms with van der Waals surface area (Å²) in [6.45, 7) is 2.23. The lowest BCUT2D eigenvalue weighted by Crippen LogP contribution is -2.42. The Morgan fingerprint density at radius 1 is 1.44 bits per heavy atom. The third kappa shape index (κ3) is 2.78. The standard InChI is InChI=1S/C12H19FN2O/c1-9(15(2)10(7-14)8-16)11-5-3-4-6-12(11)13/h3-6,9-10,16H,7-8,14H2,1-2H3. The first-order valence-corrected chi connectivity index (χ1v) is 5.39. The van der Waals surface area contributed by atoms with Crippen molar-refractivity contribution >= 4 is 0 Å². The number of aliphatic hydroxyl groups is 1. The van der Waals surface area contributed by atoms with Crippen LogP contribution in [-0.2, 0) is 0 Å². The number of likely N-dealkylation sites (N-methyl/N-ethyl adjacent to an activating group) is 1. The Balaban J connectivity index is 2.85. The summed E-state index contributed by atoms with van der Waals surface area (Å²) in [5, 5.41) is 9.15. The highest BCUT2D eigenvalue weighted by atomic mass is 19.1. The molecule has 0 saturated heterocycles. The van der Waals surface area contributed by atoms with E-state index in [9.17, 15) is 4.39 Å². The molecule has 90 valence electrons. The molecular weight excluding hydrogens is 207 g/mol. The second kappa shape index (κ2) is 5.94. The van der Waals surface area contributed by atoms with Gasteiger partial charge in [0.05, 0.1) is 6.61 Å². The Kier molecular flexibility index (Phi) is 4.86. The summed E-state index contributed by atoms with van der Waals surface area (Å²) in [5.41, 5.74) is 6.16. The Bertz CT molecular complexity index is 329. The van der Waals surface area contributed by atoms with E-state index in [0.29, 0.717) is 12.1 Å². The fourth-order valence-corrected chi connectivity index (χ4v) is 1.72. The predicted octanol–water partition coefficient (Wildman–Crippen LogP) is 1.14. The van der Waals surface area contributed by atoms with Crippen LogP contribution in [0.1, 0.15) is 18.5 Å². The van der Waals surface area contributed by atoms with E-state index in [2.05, 4.69) is 0 Å². The Morgan fingerprint density at radius 3 is 2.56 bits per heavy atom. The van der Waals surface area contributed by atoms with E-state index in [1.165, 1.54) is 6.07 Å². The molecule has 0 heterocycles. The lowest BCUT2D eigenvalue weighted by Gasteiger charge is -2.31. The molecule has 0 spiro atoms.